The van der Waals surface area contributed by atoms with Crippen molar-refractivity contribution in [3.05, 3.63) is 23.8 Å². The van der Waals surface area contributed by atoms with E-state index in [-0.39, 0.29) is 17.6 Å². The first-order valence-electron chi connectivity index (χ1n) is 9.15. The van der Waals surface area contributed by atoms with Gasteiger partial charge in [-0.05, 0) is 57.2 Å². The number of amides is 2. The minimum atomic E-state index is -0.663. The highest BCUT2D eigenvalue weighted by Gasteiger charge is 2.24. The van der Waals surface area contributed by atoms with Gasteiger partial charge in [0, 0.05) is 6.54 Å². The second-order valence-electron chi connectivity index (χ2n) is 7.88. The SMILES string of the molecule is COc1ccc(CCNC(=O)C(CC(C)C)NC(=O)OC(C)(C)C)cc1O. The molecule has 1 unspecified atom stereocenters. The third kappa shape index (κ3) is 8.66. The van der Waals surface area contributed by atoms with Gasteiger partial charge in [0.05, 0.1) is 7.11 Å². The molecule has 1 rings (SSSR count). The van der Waals surface area contributed by atoms with Crippen LogP contribution >= 0.6 is 0 Å². The van der Waals surface area contributed by atoms with Gasteiger partial charge in [0.2, 0.25) is 5.91 Å². The highest BCUT2D eigenvalue weighted by molar-refractivity contribution is 5.85. The van der Waals surface area contributed by atoms with Crippen LogP contribution in [0.2, 0.25) is 0 Å². The number of nitrogens with one attached hydrogen (secondary N) is 2. The Morgan fingerprint density at radius 1 is 1.22 bits per heavy atom. The fraction of sp³-hybridized carbons (Fsp3) is 0.600. The van der Waals surface area contributed by atoms with Crippen molar-refractivity contribution in [1.82, 2.24) is 10.6 Å². The molecule has 27 heavy (non-hydrogen) atoms. The largest absolute Gasteiger partial charge is 0.504 e. The van der Waals surface area contributed by atoms with Crippen molar-refractivity contribution in [2.45, 2.75) is 59.1 Å². The van der Waals surface area contributed by atoms with Crippen LogP contribution in [0.1, 0.15) is 46.6 Å². The van der Waals surface area contributed by atoms with Crippen LogP contribution in [0.4, 0.5) is 4.79 Å². The van der Waals surface area contributed by atoms with Gasteiger partial charge >= 0.3 is 6.09 Å². The van der Waals surface area contributed by atoms with E-state index in [4.69, 9.17) is 9.47 Å². The first-order valence-corrected chi connectivity index (χ1v) is 9.15. The number of benzene rings is 1. The normalized spacial score (nSPS) is 12.4. The minimum Gasteiger partial charge on any atom is -0.504 e. The number of phenolic OH excluding ortho intramolecular Hbond substituents is 1. The molecule has 0 saturated heterocycles. The number of hydrogen-bond acceptors (Lipinski definition) is 5. The summed E-state index contributed by atoms with van der Waals surface area (Å²) in [7, 11) is 1.49. The Hall–Kier alpha value is -2.44. The molecule has 1 atom stereocenters. The standard InChI is InChI=1S/C20H32N2O5/c1-13(2)11-15(22-19(25)27-20(3,4)5)18(24)21-10-9-14-7-8-17(26-6)16(23)12-14/h7-8,12-13,15,23H,9-11H2,1-6H3,(H,21,24)(H,22,25). The average molecular weight is 380 g/mol. The van der Waals surface area contributed by atoms with Gasteiger partial charge in [-0.15, -0.1) is 0 Å². The van der Waals surface area contributed by atoms with Crippen LogP contribution in [-0.4, -0.2) is 42.4 Å². The van der Waals surface area contributed by atoms with Crippen LogP contribution in [0.3, 0.4) is 0 Å². The van der Waals surface area contributed by atoms with Gasteiger partial charge in [-0.25, -0.2) is 4.79 Å². The van der Waals surface area contributed by atoms with Crippen LogP contribution < -0.4 is 15.4 Å². The van der Waals surface area contributed by atoms with E-state index in [1.54, 1.807) is 32.9 Å². The number of carbonyl (C=O) groups excluding carboxylic acids is 2. The van der Waals surface area contributed by atoms with E-state index in [0.29, 0.717) is 25.1 Å². The Morgan fingerprint density at radius 3 is 2.41 bits per heavy atom. The zero-order valence-corrected chi connectivity index (χ0v) is 17.1. The van der Waals surface area contributed by atoms with E-state index in [0.717, 1.165) is 5.56 Å². The zero-order chi connectivity index (χ0) is 20.6. The molecule has 0 aliphatic heterocycles. The van der Waals surface area contributed by atoms with E-state index < -0.39 is 17.7 Å². The number of methoxy groups -OCH3 is 1. The lowest BCUT2D eigenvalue weighted by Gasteiger charge is -2.24. The van der Waals surface area contributed by atoms with Crippen molar-refractivity contribution >= 4 is 12.0 Å². The average Bonchev–Trinajstić information content (AvgIpc) is 2.52. The monoisotopic (exact) mass is 380 g/mol. The summed E-state index contributed by atoms with van der Waals surface area (Å²) in [6.45, 7) is 9.67. The number of alkyl carbamates (subject to hydrolysis) is 1. The Kier molecular flexibility index (Phi) is 8.40. The summed E-state index contributed by atoms with van der Waals surface area (Å²) in [4.78, 5) is 24.5. The summed E-state index contributed by atoms with van der Waals surface area (Å²) < 4.78 is 10.2. The van der Waals surface area contributed by atoms with Crippen LogP contribution in [0.15, 0.2) is 18.2 Å². The molecule has 0 bridgehead atoms. The van der Waals surface area contributed by atoms with E-state index in [9.17, 15) is 14.7 Å². The van der Waals surface area contributed by atoms with Gasteiger partial charge < -0.3 is 25.2 Å². The van der Waals surface area contributed by atoms with Gasteiger partial charge in [0.25, 0.3) is 0 Å². The predicted molar refractivity (Wildman–Crippen MR) is 104 cm³/mol. The summed E-state index contributed by atoms with van der Waals surface area (Å²) >= 11 is 0. The molecule has 3 N–H and O–H groups in total. The fourth-order valence-corrected chi connectivity index (χ4v) is 2.50. The molecular weight excluding hydrogens is 348 g/mol. The van der Waals surface area contributed by atoms with Crippen molar-refractivity contribution < 1.29 is 24.2 Å². The summed E-state index contributed by atoms with van der Waals surface area (Å²) in [5.41, 5.74) is 0.244. The Labute approximate surface area is 161 Å². The van der Waals surface area contributed by atoms with Gasteiger partial charge in [-0.3, -0.25) is 4.79 Å². The first-order chi connectivity index (χ1) is 12.5. The van der Waals surface area contributed by atoms with Crippen molar-refractivity contribution in [3.63, 3.8) is 0 Å². The number of hydrogen-bond donors (Lipinski definition) is 3. The molecule has 0 fully saturated rings. The van der Waals surface area contributed by atoms with Gasteiger partial charge in [-0.1, -0.05) is 19.9 Å². The molecule has 0 heterocycles. The number of aromatic hydroxyl groups is 1. The quantitative estimate of drug-likeness (QED) is 0.644. The molecule has 0 saturated carbocycles. The molecule has 0 aliphatic carbocycles. The van der Waals surface area contributed by atoms with Gasteiger partial charge in [0.15, 0.2) is 11.5 Å². The predicted octanol–water partition coefficient (Wildman–Crippen LogP) is 3.00. The molecule has 0 aliphatic rings. The minimum absolute atomic E-state index is 0.0607. The molecule has 1 aromatic rings. The lowest BCUT2D eigenvalue weighted by atomic mass is 10.0. The lowest BCUT2D eigenvalue weighted by Crippen LogP contribution is -2.49. The number of carbonyl (C=O) groups is 2. The van der Waals surface area contributed by atoms with Crippen LogP contribution in [0.5, 0.6) is 11.5 Å². The molecule has 0 radical (unpaired) electrons. The van der Waals surface area contributed by atoms with Crippen molar-refractivity contribution in [1.29, 1.82) is 0 Å². The number of rotatable bonds is 8. The first kappa shape index (κ1) is 22.6. The number of phenols is 1. The molecule has 0 aromatic heterocycles. The van der Waals surface area contributed by atoms with Crippen LogP contribution in [-0.2, 0) is 16.0 Å². The molecule has 0 spiro atoms. The third-order valence-corrected chi connectivity index (χ3v) is 3.67. The van der Waals surface area contributed by atoms with E-state index in [2.05, 4.69) is 10.6 Å². The lowest BCUT2D eigenvalue weighted by molar-refractivity contribution is -0.123. The second kappa shape index (κ2) is 10.0. The fourth-order valence-electron chi connectivity index (χ4n) is 2.50. The van der Waals surface area contributed by atoms with Crippen LogP contribution in [0, 0.1) is 5.92 Å². The Bertz CT molecular complexity index is 638. The smallest absolute Gasteiger partial charge is 0.408 e. The Balaban J connectivity index is 2.60. The van der Waals surface area contributed by atoms with E-state index >= 15 is 0 Å². The third-order valence-electron chi connectivity index (χ3n) is 3.67. The summed E-state index contributed by atoms with van der Waals surface area (Å²) in [5.74, 6) is 0.438. The maximum absolute atomic E-state index is 12.5. The zero-order valence-electron chi connectivity index (χ0n) is 17.1. The van der Waals surface area contributed by atoms with Crippen LogP contribution in [0.25, 0.3) is 0 Å². The van der Waals surface area contributed by atoms with E-state index in [1.165, 1.54) is 7.11 Å². The topological polar surface area (TPSA) is 96.9 Å². The van der Waals surface area contributed by atoms with Crippen molar-refractivity contribution in [2.24, 2.45) is 5.92 Å². The molecule has 2 amide bonds. The highest BCUT2D eigenvalue weighted by Crippen LogP contribution is 2.26. The molecule has 7 heteroatoms. The van der Waals surface area contributed by atoms with Gasteiger partial charge in [0.1, 0.15) is 11.6 Å². The molecule has 1 aromatic carbocycles. The van der Waals surface area contributed by atoms with E-state index in [1.807, 2.05) is 19.9 Å². The maximum atomic E-state index is 12.5. The summed E-state index contributed by atoms with van der Waals surface area (Å²) in [6, 6.07) is 4.45. The Morgan fingerprint density at radius 2 is 1.89 bits per heavy atom. The maximum Gasteiger partial charge on any atom is 0.408 e. The second-order valence-corrected chi connectivity index (χ2v) is 7.88. The van der Waals surface area contributed by atoms with Gasteiger partial charge in [-0.2, -0.15) is 0 Å². The highest BCUT2D eigenvalue weighted by atomic mass is 16.6. The summed E-state index contributed by atoms with van der Waals surface area (Å²) in [6.07, 6.45) is 0.446. The molecule has 152 valence electrons. The summed E-state index contributed by atoms with van der Waals surface area (Å²) in [5, 5.41) is 15.3. The molecular formula is C20H32N2O5. The molecule has 7 nitrogen and oxygen atoms in total. The van der Waals surface area contributed by atoms with Crippen molar-refractivity contribution in [3.8, 4) is 11.5 Å². The number of ether oxygens (including phenoxy) is 2. The van der Waals surface area contributed by atoms with Crippen molar-refractivity contribution in [2.75, 3.05) is 13.7 Å².